The number of hydrogen-bond donors (Lipinski definition) is 0. The molecule has 0 saturated heterocycles. The maximum atomic E-state index is 10.3. The van der Waals surface area contributed by atoms with E-state index in [2.05, 4.69) is 0 Å². The summed E-state index contributed by atoms with van der Waals surface area (Å²) in [5, 5.41) is -0.0231. The van der Waals surface area contributed by atoms with Crippen molar-refractivity contribution in [3.05, 3.63) is 182 Å². The van der Waals surface area contributed by atoms with E-state index in [1.807, 2.05) is 0 Å². The van der Waals surface area contributed by atoms with Gasteiger partial charge in [0.15, 0.2) is 5.58 Å². The van der Waals surface area contributed by atoms with Crippen molar-refractivity contribution < 1.29 is 31.8 Å². The largest absolute Gasteiger partial charge is 0.453 e. The van der Waals surface area contributed by atoms with Gasteiger partial charge < -0.3 is 9.32 Å². The van der Waals surface area contributed by atoms with Crippen LogP contribution in [0.3, 0.4) is 0 Å². The number of anilines is 3. The highest BCUT2D eigenvalue weighted by Crippen LogP contribution is 2.52. The van der Waals surface area contributed by atoms with E-state index in [4.69, 9.17) is 19.5 Å². The maximum absolute atomic E-state index is 10.3. The van der Waals surface area contributed by atoms with Gasteiger partial charge in [-0.25, -0.2) is 0 Å². The number of rotatable bonds is 5. The Hall–Kier alpha value is -6.38. The Labute approximate surface area is 370 Å². The molecule has 0 atom stereocenters. The normalized spacial score (nSPS) is 17.0. The number of nitrogens with zero attached hydrogens (tertiary/aromatic N) is 1. The molecule has 8 aromatic carbocycles. The van der Waals surface area contributed by atoms with Crippen LogP contribution >= 0.6 is 0 Å². The fourth-order valence-electron chi connectivity index (χ4n) is 8.56. The lowest BCUT2D eigenvalue weighted by molar-refractivity contribution is 0.672. The lowest BCUT2D eigenvalue weighted by Gasteiger charge is -2.31. The average Bonchev–Trinajstić information content (AvgIpc) is 3.84. The summed E-state index contributed by atoms with van der Waals surface area (Å²) in [4.78, 5) is 1.37. The van der Waals surface area contributed by atoms with Gasteiger partial charge in [-0.2, -0.15) is 0 Å². The van der Waals surface area contributed by atoms with Crippen molar-refractivity contribution in [2.75, 3.05) is 4.90 Å². The average molecular weight is 772 g/mol. The lowest BCUT2D eigenvalue weighted by Crippen LogP contribution is -2.15. The first-order chi connectivity index (χ1) is 36.4. The van der Waals surface area contributed by atoms with Crippen LogP contribution in [0.25, 0.3) is 66.1 Å². The molecule has 0 unspecified atom stereocenters. The molecule has 2 heteroatoms. The second kappa shape index (κ2) is 13.4. The highest BCUT2D eigenvalue weighted by Gasteiger charge is 2.30. The quantitative estimate of drug-likeness (QED) is 0.173. The molecule has 0 saturated carbocycles. The zero-order valence-electron chi connectivity index (χ0n) is 53.6. The minimum Gasteiger partial charge on any atom is -0.453 e. The molecule has 0 fully saturated rings. The summed E-state index contributed by atoms with van der Waals surface area (Å²) < 4.78 is 192. The van der Waals surface area contributed by atoms with Crippen molar-refractivity contribution in [2.45, 2.75) is 68.7 Å². The molecule has 0 spiro atoms. The summed E-state index contributed by atoms with van der Waals surface area (Å²) in [6.45, 7) is 14.7. The Kier molecular flexibility index (Phi) is 4.68. The van der Waals surface area contributed by atoms with E-state index in [1.165, 1.54) is 11.8 Å². The zero-order chi connectivity index (χ0) is 57.5. The third-order valence-electron chi connectivity index (χ3n) is 11.5. The molecular weight excluding hydrogens is 703 g/mol. The summed E-state index contributed by atoms with van der Waals surface area (Å²) >= 11 is 0. The summed E-state index contributed by atoms with van der Waals surface area (Å²) in [6, 6.07) is -8.65. The number of furan rings is 1. The molecule has 0 aliphatic heterocycles. The zero-order valence-corrected chi connectivity index (χ0v) is 33.6. The molecule has 284 valence electrons. The second-order valence-corrected chi connectivity index (χ2v) is 15.2. The van der Waals surface area contributed by atoms with Crippen molar-refractivity contribution in [1.29, 1.82) is 0 Å². The smallest absolute Gasteiger partial charge is 0.159 e. The topological polar surface area (TPSA) is 16.4 Å². The molecule has 0 N–H and O–H groups in total. The molecule has 9 aromatic rings. The van der Waals surface area contributed by atoms with E-state index in [-0.39, 0.29) is 155 Å². The molecule has 1 heterocycles. The van der Waals surface area contributed by atoms with Gasteiger partial charge in [0.05, 0.1) is 38.8 Å². The molecule has 1 aromatic heterocycles. The van der Waals surface area contributed by atoms with Crippen molar-refractivity contribution in [2.24, 2.45) is 0 Å². The minimum atomic E-state index is -0.718. The summed E-state index contributed by atoms with van der Waals surface area (Å²) in [6.07, 6.45) is -0.270. The van der Waals surface area contributed by atoms with Gasteiger partial charge in [-0.05, 0) is 181 Å². The molecular formula is C56H49NO. The Bertz CT molecular complexity index is 4260. The van der Waals surface area contributed by atoms with Gasteiger partial charge in [0, 0.05) is 28.3 Å². The van der Waals surface area contributed by atoms with Crippen LogP contribution in [0.1, 0.15) is 88.6 Å². The van der Waals surface area contributed by atoms with Crippen molar-refractivity contribution >= 4 is 49.8 Å². The fraction of sp³-hybridized carbons (Fsp3) is 0.179. The van der Waals surface area contributed by atoms with E-state index in [1.54, 1.807) is 55.4 Å². The first kappa shape index (κ1) is 20.4. The monoisotopic (exact) mass is 772 g/mol. The fourth-order valence-corrected chi connectivity index (χ4v) is 8.56. The molecule has 1 aliphatic rings. The predicted octanol–water partition coefficient (Wildman–Crippen LogP) is 15.9. The van der Waals surface area contributed by atoms with Crippen molar-refractivity contribution in [3.63, 3.8) is 0 Å². The number of fused-ring (bicyclic) bond motifs is 8. The standard InChI is InChI=1S/C56H49NO/c1-31-22-23-33(3)44(24-31)52-36(6)28-50(38(8)39(52)9)57(51-26-32(2)25-46-42-19-14-13-18-41(42)29-47(46)51)49-21-15-20-43-48-30-45(40-16-11-10-12-17-40)54-37(7)34(4)27-35(5)53(54)56(48)58-55(43)49/h10-28,30H,29H2,1-9H3/i10D,11D,12D,13D,14D,15D,16D,17D,18D,19D,20D,21D,22D,23D,24D,25D,26D,27D,28D,30D. The first-order valence-corrected chi connectivity index (χ1v) is 19.0. The second-order valence-electron chi connectivity index (χ2n) is 15.2. The minimum absolute atomic E-state index is 0.0135. The number of para-hydroxylation sites is 1. The molecule has 58 heavy (non-hydrogen) atoms. The number of aryl methyl sites for hydroxylation is 2. The Balaban J connectivity index is 1.47. The Morgan fingerprint density at radius 2 is 1.22 bits per heavy atom. The summed E-state index contributed by atoms with van der Waals surface area (Å²) in [5.41, 5.74) is 2.51. The van der Waals surface area contributed by atoms with Gasteiger partial charge in [0.25, 0.3) is 0 Å². The van der Waals surface area contributed by atoms with Crippen LogP contribution in [-0.2, 0) is 6.42 Å². The highest BCUT2D eigenvalue weighted by molar-refractivity contribution is 6.22. The van der Waals surface area contributed by atoms with Crippen LogP contribution in [0.15, 0.2) is 125 Å². The first-order valence-electron chi connectivity index (χ1n) is 29.0. The molecule has 0 radical (unpaired) electrons. The van der Waals surface area contributed by atoms with Crippen molar-refractivity contribution in [1.82, 2.24) is 0 Å². The van der Waals surface area contributed by atoms with Crippen LogP contribution < -0.4 is 4.90 Å². The Morgan fingerprint density at radius 3 is 2.03 bits per heavy atom. The highest BCUT2D eigenvalue weighted by atomic mass is 16.3. The SMILES string of the molecule is [2H]c1c([2H])c([2H])c(-c2c([2H])c3c(oc4c(N(c5c([2H])c(C)c(-c6c([2H])c(C)c([2H])c([2H])c6C)c(C)c5C)c5c([2H])c(C)c([2H])c6c5Cc5c([2H])c([2H])c([2H])c([2H])c5-6)c([2H])c([2H])c([2H])c43)c3c(C)c([2H])c(C)c(C)c23)c([2H])c1[2H]. The maximum Gasteiger partial charge on any atom is 0.159 e. The van der Waals surface area contributed by atoms with Gasteiger partial charge in [0.2, 0.25) is 0 Å². The van der Waals surface area contributed by atoms with E-state index < -0.39 is 72.5 Å². The number of benzene rings is 8. The Morgan fingerprint density at radius 1 is 0.466 bits per heavy atom. The van der Waals surface area contributed by atoms with E-state index in [9.17, 15) is 12.3 Å². The van der Waals surface area contributed by atoms with Gasteiger partial charge in [-0.15, -0.1) is 0 Å². The van der Waals surface area contributed by atoms with Gasteiger partial charge >= 0.3 is 0 Å². The van der Waals surface area contributed by atoms with Crippen LogP contribution in [0.2, 0.25) is 0 Å². The van der Waals surface area contributed by atoms with E-state index in [0.717, 1.165) is 0 Å². The molecule has 0 bridgehead atoms. The number of hydrogen-bond acceptors (Lipinski definition) is 2. The predicted molar refractivity (Wildman–Crippen MR) is 248 cm³/mol. The van der Waals surface area contributed by atoms with Gasteiger partial charge in [0.1, 0.15) is 5.58 Å². The van der Waals surface area contributed by atoms with E-state index >= 15 is 0 Å². The third kappa shape index (κ3) is 5.38. The summed E-state index contributed by atoms with van der Waals surface area (Å²) in [5.74, 6) is 0. The van der Waals surface area contributed by atoms with Crippen LogP contribution in [-0.4, -0.2) is 0 Å². The molecule has 0 amide bonds. The third-order valence-corrected chi connectivity index (χ3v) is 11.5. The van der Waals surface area contributed by atoms with Crippen LogP contribution in [0.5, 0.6) is 0 Å². The van der Waals surface area contributed by atoms with E-state index in [0.29, 0.717) is 44.5 Å². The molecule has 10 rings (SSSR count). The van der Waals surface area contributed by atoms with Crippen LogP contribution in [0.4, 0.5) is 17.1 Å². The van der Waals surface area contributed by atoms with Crippen molar-refractivity contribution in [3.8, 4) is 33.4 Å². The molecule has 1 aliphatic carbocycles. The van der Waals surface area contributed by atoms with Gasteiger partial charge in [-0.3, -0.25) is 0 Å². The summed E-state index contributed by atoms with van der Waals surface area (Å²) in [7, 11) is 0. The lowest BCUT2D eigenvalue weighted by atomic mass is 9.88. The van der Waals surface area contributed by atoms with Crippen LogP contribution in [0, 0.1) is 62.3 Å². The molecule has 2 nitrogen and oxygen atoms in total. The van der Waals surface area contributed by atoms with Gasteiger partial charge in [-0.1, -0.05) is 102 Å².